The number of thiophene rings is 1. The maximum Gasteiger partial charge on any atom is 0.0302 e. The lowest BCUT2D eigenvalue weighted by Gasteiger charge is -2.34. The first-order valence-corrected chi connectivity index (χ1v) is 7.72. The van der Waals surface area contributed by atoms with E-state index in [2.05, 4.69) is 38.2 Å². The van der Waals surface area contributed by atoms with Gasteiger partial charge < -0.3 is 5.32 Å². The highest BCUT2D eigenvalue weighted by Crippen LogP contribution is 2.35. The summed E-state index contributed by atoms with van der Waals surface area (Å²) in [6.07, 6.45) is 6.60. The minimum Gasteiger partial charge on any atom is -0.309 e. The fraction of sp³-hybridized carbons (Fsp3) is 0.733. The second-order valence-corrected chi connectivity index (χ2v) is 7.29. The van der Waals surface area contributed by atoms with Crippen molar-refractivity contribution in [1.29, 1.82) is 0 Å². The zero-order valence-corrected chi connectivity index (χ0v) is 12.2. The average molecular weight is 251 g/mol. The van der Waals surface area contributed by atoms with Crippen LogP contribution in [0.1, 0.15) is 56.2 Å². The fourth-order valence-corrected chi connectivity index (χ4v) is 3.46. The smallest absolute Gasteiger partial charge is 0.0302 e. The summed E-state index contributed by atoms with van der Waals surface area (Å²) in [6.45, 7) is 8.09. The predicted molar refractivity (Wildman–Crippen MR) is 76.6 cm³/mol. The molecule has 0 atom stereocenters. The summed E-state index contributed by atoms with van der Waals surface area (Å²) in [5.74, 6) is 0. The topological polar surface area (TPSA) is 12.0 Å². The van der Waals surface area contributed by atoms with Gasteiger partial charge in [0.25, 0.3) is 0 Å². The maximum absolute atomic E-state index is 3.72. The van der Waals surface area contributed by atoms with Gasteiger partial charge in [0.1, 0.15) is 0 Å². The lowest BCUT2D eigenvalue weighted by molar-refractivity contribution is 0.206. The fourth-order valence-electron chi connectivity index (χ4n) is 2.56. The predicted octanol–water partition coefficient (Wildman–Crippen LogP) is 4.37. The summed E-state index contributed by atoms with van der Waals surface area (Å²) >= 11 is 1.96. The van der Waals surface area contributed by atoms with Crippen LogP contribution in [0.4, 0.5) is 0 Å². The first kappa shape index (κ1) is 13.1. The van der Waals surface area contributed by atoms with Crippen LogP contribution in [-0.4, -0.2) is 6.04 Å². The largest absolute Gasteiger partial charge is 0.309 e. The molecule has 96 valence electrons. The molecule has 1 aliphatic carbocycles. The van der Waals surface area contributed by atoms with Crippen LogP contribution < -0.4 is 5.32 Å². The SMILES string of the molecule is CCc1ccc(CNC2CCC(C)(C)CC2)s1. The van der Waals surface area contributed by atoms with Gasteiger partial charge >= 0.3 is 0 Å². The molecule has 1 heterocycles. The van der Waals surface area contributed by atoms with E-state index in [1.165, 1.54) is 41.9 Å². The van der Waals surface area contributed by atoms with Crippen molar-refractivity contribution in [2.24, 2.45) is 5.41 Å². The van der Waals surface area contributed by atoms with Crippen molar-refractivity contribution < 1.29 is 0 Å². The summed E-state index contributed by atoms with van der Waals surface area (Å²) in [7, 11) is 0. The summed E-state index contributed by atoms with van der Waals surface area (Å²) in [5, 5.41) is 3.72. The molecule has 0 saturated heterocycles. The van der Waals surface area contributed by atoms with Crippen LogP contribution in [0.25, 0.3) is 0 Å². The summed E-state index contributed by atoms with van der Waals surface area (Å²) in [5.41, 5.74) is 0.580. The number of rotatable bonds is 4. The minimum absolute atomic E-state index is 0.580. The Morgan fingerprint density at radius 3 is 2.47 bits per heavy atom. The average Bonchev–Trinajstić information content (AvgIpc) is 2.75. The van der Waals surface area contributed by atoms with E-state index in [-0.39, 0.29) is 0 Å². The van der Waals surface area contributed by atoms with E-state index >= 15 is 0 Å². The molecule has 0 aliphatic heterocycles. The molecule has 1 aromatic heterocycles. The maximum atomic E-state index is 3.72. The third-order valence-corrected chi connectivity index (χ3v) is 5.20. The molecule has 1 N–H and O–H groups in total. The van der Waals surface area contributed by atoms with Crippen LogP contribution in [-0.2, 0) is 13.0 Å². The Kier molecular flexibility index (Phi) is 4.26. The standard InChI is InChI=1S/C15H25NS/c1-4-13-5-6-14(17-13)11-16-12-7-9-15(2,3)10-8-12/h5-6,12,16H,4,7-11H2,1-3H3. The van der Waals surface area contributed by atoms with Crippen molar-refractivity contribution in [3.8, 4) is 0 Å². The molecule has 0 spiro atoms. The Bertz CT molecular complexity index is 344. The molecule has 1 fully saturated rings. The molecule has 0 unspecified atom stereocenters. The lowest BCUT2D eigenvalue weighted by atomic mass is 9.75. The van der Waals surface area contributed by atoms with Crippen molar-refractivity contribution in [1.82, 2.24) is 5.32 Å². The first-order chi connectivity index (χ1) is 8.09. The number of aryl methyl sites for hydroxylation is 1. The molecule has 0 bridgehead atoms. The van der Waals surface area contributed by atoms with Gasteiger partial charge in [-0.25, -0.2) is 0 Å². The van der Waals surface area contributed by atoms with Crippen molar-refractivity contribution >= 4 is 11.3 Å². The Balaban J connectivity index is 1.75. The molecule has 1 nitrogen and oxygen atoms in total. The lowest BCUT2D eigenvalue weighted by Crippen LogP contribution is -2.34. The van der Waals surface area contributed by atoms with Gasteiger partial charge in [-0.2, -0.15) is 0 Å². The Morgan fingerprint density at radius 1 is 1.24 bits per heavy atom. The van der Waals surface area contributed by atoms with E-state index < -0.39 is 0 Å². The molecule has 2 rings (SSSR count). The Hall–Kier alpha value is -0.340. The summed E-state index contributed by atoms with van der Waals surface area (Å²) in [6, 6.07) is 5.30. The van der Waals surface area contributed by atoms with Gasteiger partial charge in [-0.05, 0) is 49.7 Å². The number of nitrogens with one attached hydrogen (secondary N) is 1. The highest BCUT2D eigenvalue weighted by Gasteiger charge is 2.26. The van der Waals surface area contributed by atoms with Crippen molar-refractivity contribution in [3.63, 3.8) is 0 Å². The quantitative estimate of drug-likeness (QED) is 0.838. The van der Waals surface area contributed by atoms with E-state index in [0.717, 1.165) is 12.6 Å². The molecule has 1 aromatic rings. The van der Waals surface area contributed by atoms with E-state index in [1.54, 1.807) is 0 Å². The van der Waals surface area contributed by atoms with E-state index in [9.17, 15) is 0 Å². The van der Waals surface area contributed by atoms with Crippen molar-refractivity contribution in [2.45, 2.75) is 65.5 Å². The molecule has 0 radical (unpaired) electrons. The zero-order valence-electron chi connectivity index (χ0n) is 11.4. The van der Waals surface area contributed by atoms with Crippen molar-refractivity contribution in [3.05, 3.63) is 21.9 Å². The van der Waals surface area contributed by atoms with Crippen molar-refractivity contribution in [2.75, 3.05) is 0 Å². The Morgan fingerprint density at radius 2 is 1.88 bits per heavy atom. The Labute approximate surface area is 110 Å². The van der Waals surface area contributed by atoms with Crippen LogP contribution in [0, 0.1) is 5.41 Å². The van der Waals surface area contributed by atoms with E-state index in [0.29, 0.717) is 5.41 Å². The third kappa shape index (κ3) is 3.82. The summed E-state index contributed by atoms with van der Waals surface area (Å²) in [4.78, 5) is 3.00. The van der Waals surface area contributed by atoms with Crippen LogP contribution in [0.2, 0.25) is 0 Å². The van der Waals surface area contributed by atoms with Crippen LogP contribution in [0.3, 0.4) is 0 Å². The normalized spacial score (nSPS) is 20.6. The van der Waals surface area contributed by atoms with E-state index in [4.69, 9.17) is 0 Å². The second kappa shape index (κ2) is 5.53. The van der Waals surface area contributed by atoms with Gasteiger partial charge in [0.05, 0.1) is 0 Å². The van der Waals surface area contributed by atoms with Gasteiger partial charge in [0.2, 0.25) is 0 Å². The van der Waals surface area contributed by atoms with Crippen LogP contribution >= 0.6 is 11.3 Å². The van der Waals surface area contributed by atoms with Gasteiger partial charge in [-0.3, -0.25) is 0 Å². The van der Waals surface area contributed by atoms with E-state index in [1.807, 2.05) is 11.3 Å². The zero-order chi connectivity index (χ0) is 12.3. The second-order valence-electron chi connectivity index (χ2n) is 6.04. The number of hydrogen-bond acceptors (Lipinski definition) is 2. The molecular formula is C15H25NS. The highest BCUT2D eigenvalue weighted by atomic mass is 32.1. The molecular weight excluding hydrogens is 226 g/mol. The highest BCUT2D eigenvalue weighted by molar-refractivity contribution is 7.11. The third-order valence-electron chi connectivity index (χ3n) is 3.97. The molecule has 2 heteroatoms. The van der Waals surface area contributed by atoms with Gasteiger partial charge in [-0.15, -0.1) is 11.3 Å². The number of hydrogen-bond donors (Lipinski definition) is 1. The first-order valence-electron chi connectivity index (χ1n) is 6.90. The minimum atomic E-state index is 0.580. The molecule has 17 heavy (non-hydrogen) atoms. The molecule has 1 aliphatic rings. The van der Waals surface area contributed by atoms with Gasteiger partial charge in [-0.1, -0.05) is 20.8 Å². The van der Waals surface area contributed by atoms with Gasteiger partial charge in [0, 0.05) is 22.3 Å². The van der Waals surface area contributed by atoms with Crippen LogP contribution in [0.5, 0.6) is 0 Å². The van der Waals surface area contributed by atoms with Crippen LogP contribution in [0.15, 0.2) is 12.1 Å². The monoisotopic (exact) mass is 251 g/mol. The summed E-state index contributed by atoms with van der Waals surface area (Å²) < 4.78 is 0. The van der Waals surface area contributed by atoms with Gasteiger partial charge in [0.15, 0.2) is 0 Å². The molecule has 0 aromatic carbocycles. The molecule has 0 amide bonds. The molecule has 1 saturated carbocycles.